The Morgan fingerprint density at radius 2 is 1.15 bits per heavy atom. The van der Waals surface area contributed by atoms with Crippen LogP contribution in [-0.4, -0.2) is 0 Å². The molecule has 0 unspecified atom stereocenters. The van der Waals surface area contributed by atoms with Gasteiger partial charge in [0, 0.05) is 0 Å². The molecule has 0 saturated carbocycles. The van der Waals surface area contributed by atoms with E-state index >= 15 is 0 Å². The van der Waals surface area contributed by atoms with Gasteiger partial charge >= 0.3 is 21.7 Å². The fourth-order valence-corrected chi connectivity index (χ4v) is 4.19. The van der Waals surface area contributed by atoms with Crippen molar-refractivity contribution in [3.63, 3.8) is 0 Å². The topological polar surface area (TPSA) is 0 Å². The molecule has 2 aromatic carbocycles. The number of allylic oxidation sites excluding steroid dienone is 4. The van der Waals surface area contributed by atoms with Gasteiger partial charge in [-0.1, -0.05) is 94.8 Å². The molecule has 0 bridgehead atoms. The van der Waals surface area contributed by atoms with Gasteiger partial charge in [-0.2, -0.15) is 11.6 Å². The molecule has 0 radical (unpaired) electrons. The van der Waals surface area contributed by atoms with Gasteiger partial charge in [-0.25, -0.2) is 5.57 Å². The van der Waals surface area contributed by atoms with Gasteiger partial charge in [0.2, 0.25) is 0 Å². The summed E-state index contributed by atoms with van der Waals surface area (Å²) in [4.78, 5) is 0. The molecule has 1 aliphatic carbocycles. The Bertz CT molecular complexity index is 705. The van der Waals surface area contributed by atoms with Crippen LogP contribution in [0, 0.1) is 11.5 Å². The second-order valence-corrected chi connectivity index (χ2v) is 7.39. The predicted molar refractivity (Wildman–Crippen MR) is 98.2 cm³/mol. The third-order valence-electron chi connectivity index (χ3n) is 5.07. The standard InChI is InChI=1S/C23H25.3ClH.Ti/c1-18-12-11-17-21(18)23(22(2,3)4,19-13-7-5-8-14-19)20-15-9-6-10-16-20;;;;/h5-11,13-16H,17H2,1-4H3;3*1H;/q-1;;;;+4/p-3. The molecule has 0 heterocycles. The second kappa shape index (κ2) is 11.5. The zero-order chi connectivity index (χ0) is 16.5. The van der Waals surface area contributed by atoms with Crippen LogP contribution in [0.5, 0.6) is 0 Å². The van der Waals surface area contributed by atoms with Crippen LogP contribution in [-0.2, 0) is 27.1 Å². The van der Waals surface area contributed by atoms with Crippen molar-refractivity contribution in [3.8, 4) is 0 Å². The molecule has 0 N–H and O–H groups in total. The average Bonchev–Trinajstić information content (AvgIpc) is 2.95. The maximum Gasteiger partial charge on any atom is 4.00 e. The van der Waals surface area contributed by atoms with Crippen LogP contribution < -0.4 is 37.2 Å². The number of benzene rings is 2. The molecule has 0 aromatic heterocycles. The van der Waals surface area contributed by atoms with Crippen LogP contribution in [0.4, 0.5) is 0 Å². The minimum atomic E-state index is -0.139. The molecular weight excluding hydrogens is 430 g/mol. The van der Waals surface area contributed by atoms with Crippen molar-refractivity contribution in [2.75, 3.05) is 0 Å². The van der Waals surface area contributed by atoms with E-state index in [0.29, 0.717) is 0 Å². The van der Waals surface area contributed by atoms with Gasteiger partial charge in [-0.05, 0) is 22.0 Å². The largest absolute Gasteiger partial charge is 4.00 e. The zero-order valence-corrected chi connectivity index (χ0v) is 20.0. The third-order valence-corrected chi connectivity index (χ3v) is 5.07. The fraction of sp³-hybridized carbons (Fsp3) is 0.304. The van der Waals surface area contributed by atoms with Crippen molar-refractivity contribution in [2.24, 2.45) is 5.41 Å². The Hall–Kier alpha value is -0.496. The molecule has 3 rings (SSSR count). The van der Waals surface area contributed by atoms with Crippen LogP contribution in [0.15, 0.2) is 77.9 Å². The van der Waals surface area contributed by atoms with Gasteiger partial charge in [0.15, 0.2) is 0 Å². The SMILES string of the molecule is CC1=C(C(c2ccccc2)(c2ccccc2)C(C)(C)C)CC=[C-]1.[Cl-].[Cl-].[Cl-].[Ti+4]. The van der Waals surface area contributed by atoms with Crippen molar-refractivity contribution in [3.05, 3.63) is 95.1 Å². The fourth-order valence-electron chi connectivity index (χ4n) is 4.19. The molecule has 1 aliphatic rings. The summed E-state index contributed by atoms with van der Waals surface area (Å²) in [5.41, 5.74) is 5.40. The quantitative estimate of drug-likeness (QED) is 0.344. The normalized spacial score (nSPS) is 13.0. The molecule has 0 nitrogen and oxygen atoms in total. The maximum absolute atomic E-state index is 3.44. The molecule has 0 fully saturated rings. The van der Waals surface area contributed by atoms with Gasteiger partial charge in [-0.3, -0.25) is 6.08 Å². The Morgan fingerprint density at radius 1 is 0.741 bits per heavy atom. The first kappa shape index (κ1) is 28.7. The molecule has 4 heteroatoms. The van der Waals surface area contributed by atoms with Crippen molar-refractivity contribution < 1.29 is 58.9 Å². The molecule has 0 atom stereocenters. The van der Waals surface area contributed by atoms with E-state index in [2.05, 4.69) is 101 Å². The van der Waals surface area contributed by atoms with E-state index in [1.165, 1.54) is 22.3 Å². The molecular formula is C23H25Cl3Ti. The second-order valence-electron chi connectivity index (χ2n) is 7.39. The van der Waals surface area contributed by atoms with Gasteiger partial charge in [0.05, 0.1) is 0 Å². The summed E-state index contributed by atoms with van der Waals surface area (Å²) in [6.07, 6.45) is 6.60. The summed E-state index contributed by atoms with van der Waals surface area (Å²) in [5.74, 6) is 0. The van der Waals surface area contributed by atoms with Crippen molar-refractivity contribution in [2.45, 2.75) is 39.5 Å². The maximum atomic E-state index is 3.44. The molecule has 0 saturated heterocycles. The van der Waals surface area contributed by atoms with Crippen LogP contribution in [0.2, 0.25) is 0 Å². The summed E-state index contributed by atoms with van der Waals surface area (Å²) < 4.78 is 0. The van der Waals surface area contributed by atoms with Crippen LogP contribution in [0.3, 0.4) is 0 Å². The van der Waals surface area contributed by atoms with E-state index in [9.17, 15) is 0 Å². The van der Waals surface area contributed by atoms with E-state index < -0.39 is 0 Å². The number of rotatable bonds is 3. The minimum absolute atomic E-state index is 0. The molecule has 0 spiro atoms. The predicted octanol–water partition coefficient (Wildman–Crippen LogP) is -2.89. The van der Waals surface area contributed by atoms with Gasteiger partial charge in [0.25, 0.3) is 0 Å². The first-order valence-electron chi connectivity index (χ1n) is 8.37. The van der Waals surface area contributed by atoms with Crippen LogP contribution >= 0.6 is 0 Å². The summed E-state index contributed by atoms with van der Waals surface area (Å²) in [6.45, 7) is 9.26. The molecule has 2 aromatic rings. The monoisotopic (exact) mass is 454 g/mol. The van der Waals surface area contributed by atoms with E-state index in [0.717, 1.165) is 6.42 Å². The van der Waals surface area contributed by atoms with Gasteiger partial charge in [0.1, 0.15) is 0 Å². The van der Waals surface area contributed by atoms with E-state index in [1.807, 2.05) is 0 Å². The number of halogens is 3. The van der Waals surface area contributed by atoms with Crippen LogP contribution in [0.25, 0.3) is 0 Å². The summed E-state index contributed by atoms with van der Waals surface area (Å²) in [7, 11) is 0. The Balaban J connectivity index is 0. The number of hydrogen-bond donors (Lipinski definition) is 0. The molecule has 0 aliphatic heterocycles. The van der Waals surface area contributed by atoms with Crippen molar-refractivity contribution in [1.29, 1.82) is 0 Å². The summed E-state index contributed by atoms with van der Waals surface area (Å²) >= 11 is 0. The third kappa shape index (κ3) is 5.11. The molecule has 142 valence electrons. The smallest absolute Gasteiger partial charge is 1.00 e. The summed E-state index contributed by atoms with van der Waals surface area (Å²) in [6, 6.07) is 21.9. The average molecular weight is 456 g/mol. The van der Waals surface area contributed by atoms with E-state index in [-0.39, 0.29) is 69.8 Å². The minimum Gasteiger partial charge on any atom is -1.00 e. The van der Waals surface area contributed by atoms with Crippen molar-refractivity contribution in [1.82, 2.24) is 0 Å². The Kier molecular flexibility index (Phi) is 12.2. The van der Waals surface area contributed by atoms with Gasteiger partial charge in [-0.15, -0.1) is 0 Å². The first-order valence-corrected chi connectivity index (χ1v) is 8.37. The van der Waals surface area contributed by atoms with Crippen molar-refractivity contribution >= 4 is 0 Å². The molecule has 0 amide bonds. The number of hydrogen-bond acceptors (Lipinski definition) is 0. The zero-order valence-electron chi connectivity index (χ0n) is 16.2. The van der Waals surface area contributed by atoms with E-state index in [1.54, 1.807) is 0 Å². The molecule has 27 heavy (non-hydrogen) atoms. The van der Waals surface area contributed by atoms with Crippen LogP contribution in [0.1, 0.15) is 45.2 Å². The first-order chi connectivity index (χ1) is 11.0. The van der Waals surface area contributed by atoms with E-state index in [4.69, 9.17) is 0 Å². The van der Waals surface area contributed by atoms with Gasteiger partial charge < -0.3 is 37.2 Å². The Morgan fingerprint density at radius 3 is 1.44 bits per heavy atom. The summed E-state index contributed by atoms with van der Waals surface area (Å²) in [5, 5.41) is 0. The Labute approximate surface area is 198 Å².